The lowest BCUT2D eigenvalue weighted by atomic mass is 9.89. The van der Waals surface area contributed by atoms with Gasteiger partial charge in [-0.05, 0) is 18.8 Å². The van der Waals surface area contributed by atoms with Crippen LogP contribution >= 0.6 is 0 Å². The summed E-state index contributed by atoms with van der Waals surface area (Å²) in [5.74, 6) is 0.915. The van der Waals surface area contributed by atoms with E-state index in [0.717, 1.165) is 18.8 Å². The van der Waals surface area contributed by atoms with E-state index < -0.39 is 0 Å². The van der Waals surface area contributed by atoms with E-state index >= 15 is 0 Å². The zero-order chi connectivity index (χ0) is 17.9. The van der Waals surface area contributed by atoms with Crippen molar-refractivity contribution in [3.05, 3.63) is 0 Å². The van der Waals surface area contributed by atoms with E-state index in [0.29, 0.717) is 13.0 Å². The molecule has 0 aromatic carbocycles. The van der Waals surface area contributed by atoms with Gasteiger partial charge in [0.2, 0.25) is 0 Å². The first kappa shape index (κ1) is 23.5. The third-order valence-corrected chi connectivity index (χ3v) is 4.89. The van der Waals surface area contributed by atoms with Gasteiger partial charge in [0.15, 0.2) is 0 Å². The van der Waals surface area contributed by atoms with Gasteiger partial charge < -0.3 is 4.74 Å². The summed E-state index contributed by atoms with van der Waals surface area (Å²) in [4.78, 5) is 11.5. The van der Waals surface area contributed by atoms with Crippen molar-refractivity contribution < 1.29 is 9.53 Å². The normalized spacial score (nSPS) is 11.2. The van der Waals surface area contributed by atoms with Gasteiger partial charge in [0.1, 0.15) is 0 Å². The second kappa shape index (κ2) is 18.8. The van der Waals surface area contributed by atoms with Crippen LogP contribution in [0.2, 0.25) is 0 Å². The fourth-order valence-corrected chi connectivity index (χ4v) is 3.32. The van der Waals surface area contributed by atoms with Crippen molar-refractivity contribution in [2.75, 3.05) is 6.61 Å². The Morgan fingerprint density at radius 3 is 1.62 bits per heavy atom. The molecule has 0 amide bonds. The number of rotatable bonds is 18. The molecular formula is C22H44O2. The number of esters is 1. The summed E-state index contributed by atoms with van der Waals surface area (Å²) in [6.45, 7) is 7.19. The molecule has 0 unspecified atom stereocenters. The maximum Gasteiger partial charge on any atom is 0.305 e. The molecule has 2 nitrogen and oxygen atoms in total. The Bertz CT molecular complexity index is 251. The highest BCUT2D eigenvalue weighted by Crippen LogP contribution is 2.24. The van der Waals surface area contributed by atoms with Gasteiger partial charge in [-0.15, -0.1) is 0 Å². The quantitative estimate of drug-likeness (QED) is 0.191. The van der Waals surface area contributed by atoms with E-state index in [4.69, 9.17) is 4.74 Å². The van der Waals surface area contributed by atoms with Crippen molar-refractivity contribution in [1.82, 2.24) is 0 Å². The van der Waals surface area contributed by atoms with Crippen LogP contribution in [0.4, 0.5) is 0 Å². The Labute approximate surface area is 152 Å². The predicted molar refractivity (Wildman–Crippen MR) is 105 cm³/mol. The van der Waals surface area contributed by atoms with Crippen LogP contribution in [0.3, 0.4) is 0 Å². The molecule has 0 aliphatic heterocycles. The van der Waals surface area contributed by atoms with Crippen LogP contribution in [0, 0.1) is 5.92 Å². The third kappa shape index (κ3) is 16.3. The average molecular weight is 341 g/mol. The molecule has 0 aromatic rings. The minimum absolute atomic E-state index is 0.00692. The molecule has 0 fully saturated rings. The molecule has 2 heteroatoms. The topological polar surface area (TPSA) is 26.3 Å². The Balaban J connectivity index is 3.78. The standard InChI is InChI=1S/C22H44O2/c1-4-7-9-12-16-21(17-13-10-8-5-2)18-14-11-15-19-22(23)24-20-6-3/h21H,4-20H2,1-3H3. The van der Waals surface area contributed by atoms with Crippen LogP contribution in [0.25, 0.3) is 0 Å². The van der Waals surface area contributed by atoms with Crippen LogP contribution in [0.15, 0.2) is 0 Å². The summed E-state index contributed by atoms with van der Waals surface area (Å²) in [5.41, 5.74) is 0. The lowest BCUT2D eigenvalue weighted by Crippen LogP contribution is -2.05. The molecule has 0 atom stereocenters. The summed E-state index contributed by atoms with van der Waals surface area (Å²) in [6, 6.07) is 0. The molecule has 0 heterocycles. The Morgan fingerprint density at radius 2 is 1.17 bits per heavy atom. The van der Waals surface area contributed by atoms with Gasteiger partial charge in [0, 0.05) is 6.42 Å². The highest BCUT2D eigenvalue weighted by atomic mass is 16.5. The highest BCUT2D eigenvalue weighted by molar-refractivity contribution is 5.69. The molecule has 0 saturated carbocycles. The fraction of sp³-hybridized carbons (Fsp3) is 0.955. The smallest absolute Gasteiger partial charge is 0.305 e. The summed E-state index contributed by atoms with van der Waals surface area (Å²) in [7, 11) is 0. The van der Waals surface area contributed by atoms with Gasteiger partial charge in [0.25, 0.3) is 0 Å². The second-order valence-electron chi connectivity index (χ2n) is 7.38. The minimum atomic E-state index is -0.00692. The summed E-state index contributed by atoms with van der Waals surface area (Å²) >= 11 is 0. The molecule has 0 aromatic heterocycles. The molecule has 0 rings (SSSR count). The molecule has 0 aliphatic carbocycles. The summed E-state index contributed by atoms with van der Waals surface area (Å²) in [6.07, 6.45) is 20.3. The fourth-order valence-electron chi connectivity index (χ4n) is 3.32. The van der Waals surface area contributed by atoms with Crippen molar-refractivity contribution >= 4 is 5.97 Å². The van der Waals surface area contributed by atoms with Gasteiger partial charge in [-0.1, -0.05) is 104 Å². The number of carbonyl (C=O) groups is 1. The molecule has 0 spiro atoms. The van der Waals surface area contributed by atoms with Crippen LogP contribution in [0.1, 0.15) is 124 Å². The van der Waals surface area contributed by atoms with Crippen molar-refractivity contribution in [1.29, 1.82) is 0 Å². The van der Waals surface area contributed by atoms with Crippen molar-refractivity contribution in [3.63, 3.8) is 0 Å². The Morgan fingerprint density at radius 1 is 0.667 bits per heavy atom. The maximum atomic E-state index is 11.5. The van der Waals surface area contributed by atoms with Crippen LogP contribution < -0.4 is 0 Å². The first-order valence-electron chi connectivity index (χ1n) is 10.9. The monoisotopic (exact) mass is 340 g/mol. The predicted octanol–water partition coefficient (Wildman–Crippen LogP) is 7.45. The summed E-state index contributed by atoms with van der Waals surface area (Å²) in [5, 5.41) is 0. The zero-order valence-electron chi connectivity index (χ0n) is 16.9. The maximum absolute atomic E-state index is 11.5. The Kier molecular flexibility index (Phi) is 18.4. The SMILES string of the molecule is CCCCCCC(CCCCCC)CCCCCC(=O)OCCC. The van der Waals surface area contributed by atoms with Crippen molar-refractivity contribution in [3.8, 4) is 0 Å². The zero-order valence-corrected chi connectivity index (χ0v) is 16.9. The number of carbonyl (C=O) groups excluding carboxylic acids is 1. The van der Waals surface area contributed by atoms with E-state index in [1.54, 1.807) is 0 Å². The van der Waals surface area contributed by atoms with Gasteiger partial charge in [-0.25, -0.2) is 0 Å². The van der Waals surface area contributed by atoms with Gasteiger partial charge in [0.05, 0.1) is 6.61 Å². The average Bonchev–Trinajstić information content (AvgIpc) is 2.59. The first-order valence-corrected chi connectivity index (χ1v) is 10.9. The molecule has 0 saturated heterocycles. The molecule has 24 heavy (non-hydrogen) atoms. The van der Waals surface area contributed by atoms with Gasteiger partial charge >= 0.3 is 5.97 Å². The van der Waals surface area contributed by atoms with E-state index in [1.165, 1.54) is 83.5 Å². The molecular weight excluding hydrogens is 296 g/mol. The van der Waals surface area contributed by atoms with E-state index in [1.807, 2.05) is 6.92 Å². The second-order valence-corrected chi connectivity index (χ2v) is 7.38. The number of hydrogen-bond acceptors (Lipinski definition) is 2. The highest BCUT2D eigenvalue weighted by Gasteiger charge is 2.09. The number of hydrogen-bond donors (Lipinski definition) is 0. The molecule has 0 N–H and O–H groups in total. The largest absolute Gasteiger partial charge is 0.466 e. The molecule has 0 aliphatic rings. The van der Waals surface area contributed by atoms with E-state index in [-0.39, 0.29) is 5.97 Å². The van der Waals surface area contributed by atoms with E-state index in [2.05, 4.69) is 13.8 Å². The lowest BCUT2D eigenvalue weighted by molar-refractivity contribution is -0.143. The first-order chi connectivity index (χ1) is 11.7. The van der Waals surface area contributed by atoms with Crippen LogP contribution in [0.5, 0.6) is 0 Å². The van der Waals surface area contributed by atoms with E-state index in [9.17, 15) is 4.79 Å². The summed E-state index contributed by atoms with van der Waals surface area (Å²) < 4.78 is 5.13. The number of ether oxygens (including phenoxy) is 1. The van der Waals surface area contributed by atoms with Crippen molar-refractivity contribution in [2.45, 2.75) is 124 Å². The lowest BCUT2D eigenvalue weighted by Gasteiger charge is -2.17. The third-order valence-electron chi connectivity index (χ3n) is 4.89. The number of unbranched alkanes of at least 4 members (excludes halogenated alkanes) is 8. The molecule has 0 bridgehead atoms. The van der Waals surface area contributed by atoms with Gasteiger partial charge in [-0.2, -0.15) is 0 Å². The van der Waals surface area contributed by atoms with Crippen LogP contribution in [-0.4, -0.2) is 12.6 Å². The van der Waals surface area contributed by atoms with Crippen molar-refractivity contribution in [2.24, 2.45) is 5.92 Å². The Hall–Kier alpha value is -0.530. The molecule has 0 radical (unpaired) electrons. The van der Waals surface area contributed by atoms with Gasteiger partial charge in [-0.3, -0.25) is 4.79 Å². The van der Waals surface area contributed by atoms with Crippen LogP contribution in [-0.2, 0) is 9.53 Å². The molecule has 144 valence electrons. The minimum Gasteiger partial charge on any atom is -0.466 e.